The summed E-state index contributed by atoms with van der Waals surface area (Å²) in [7, 11) is 1.64. The molecule has 1 heterocycles. The molecule has 2 aromatic carbocycles. The van der Waals surface area contributed by atoms with Gasteiger partial charge in [-0.25, -0.2) is 4.39 Å². The third kappa shape index (κ3) is 4.63. The molecule has 2 aromatic rings. The molecule has 0 bridgehead atoms. The fraction of sp³-hybridized carbons (Fsp3) is 0.318. The third-order valence-electron chi connectivity index (χ3n) is 4.58. The maximum Gasteiger partial charge on any atom is 0.261 e. The van der Waals surface area contributed by atoms with Gasteiger partial charge < -0.3 is 4.74 Å². The van der Waals surface area contributed by atoms with Crippen molar-refractivity contribution in [1.29, 1.82) is 0 Å². The zero-order valence-electron chi connectivity index (χ0n) is 16.1. The maximum atomic E-state index is 13.2. The lowest BCUT2D eigenvalue weighted by atomic mass is 10.0. The number of ether oxygens (including phenoxy) is 1. The number of benzene rings is 2. The van der Waals surface area contributed by atoms with E-state index in [1.54, 1.807) is 25.5 Å². The van der Waals surface area contributed by atoms with Gasteiger partial charge in [-0.1, -0.05) is 25.5 Å². The number of aliphatic imine (C=N–C) groups is 1. The molecule has 146 valence electrons. The highest BCUT2D eigenvalue weighted by Gasteiger charge is 2.34. The number of halogens is 1. The van der Waals surface area contributed by atoms with Crippen LogP contribution in [0.3, 0.4) is 0 Å². The van der Waals surface area contributed by atoms with Crippen LogP contribution >= 0.6 is 0 Å². The van der Waals surface area contributed by atoms with Gasteiger partial charge in [-0.3, -0.25) is 9.79 Å². The number of nitrogens with zero attached hydrogens (tertiary/aromatic N) is 3. The number of carbonyl (C=O) groups is 1. The molecule has 0 saturated heterocycles. The Kier molecular flexibility index (Phi) is 6.53. The van der Waals surface area contributed by atoms with Crippen LogP contribution in [0.4, 0.5) is 10.1 Å². The second-order valence-corrected chi connectivity index (χ2v) is 6.60. The van der Waals surface area contributed by atoms with E-state index in [1.165, 1.54) is 17.1 Å². The van der Waals surface area contributed by atoms with Crippen LogP contribution in [-0.4, -0.2) is 31.5 Å². The predicted octanol–water partition coefficient (Wildman–Crippen LogP) is 4.27. The number of amides is 1. The molecule has 28 heavy (non-hydrogen) atoms. The van der Waals surface area contributed by atoms with Crippen molar-refractivity contribution < 1.29 is 13.9 Å². The van der Waals surface area contributed by atoms with Crippen molar-refractivity contribution >= 4 is 23.5 Å². The van der Waals surface area contributed by atoms with Gasteiger partial charge in [0, 0.05) is 12.8 Å². The maximum absolute atomic E-state index is 13.2. The van der Waals surface area contributed by atoms with Crippen molar-refractivity contribution in [2.75, 3.05) is 18.7 Å². The van der Waals surface area contributed by atoms with E-state index >= 15 is 0 Å². The zero-order valence-corrected chi connectivity index (χ0v) is 16.1. The molecule has 1 aliphatic heterocycles. The van der Waals surface area contributed by atoms with Crippen molar-refractivity contribution in [2.45, 2.75) is 26.2 Å². The molecule has 5 nitrogen and oxygen atoms in total. The molecule has 0 N–H and O–H groups in total. The second-order valence-electron chi connectivity index (χ2n) is 6.60. The normalized spacial score (nSPS) is 16.7. The number of hydrazone groups is 1. The van der Waals surface area contributed by atoms with Gasteiger partial charge in [0.15, 0.2) is 0 Å². The SMILES string of the molecule is CCCC1=NN(c2ccc(F)cc2)C(=O)[C@@H]1C=NCCc1ccc(OC)cc1. The molecular formula is C22H24FN3O2. The van der Waals surface area contributed by atoms with Crippen LogP contribution in [0.15, 0.2) is 58.6 Å². The first-order valence-electron chi connectivity index (χ1n) is 9.42. The van der Waals surface area contributed by atoms with Crippen LogP contribution in [-0.2, 0) is 11.2 Å². The van der Waals surface area contributed by atoms with E-state index in [9.17, 15) is 9.18 Å². The van der Waals surface area contributed by atoms with E-state index in [0.717, 1.165) is 36.3 Å². The van der Waals surface area contributed by atoms with Crippen molar-refractivity contribution in [3.63, 3.8) is 0 Å². The molecule has 6 heteroatoms. The van der Waals surface area contributed by atoms with Crippen molar-refractivity contribution in [3.05, 3.63) is 59.9 Å². The highest BCUT2D eigenvalue weighted by Crippen LogP contribution is 2.25. The minimum absolute atomic E-state index is 0.150. The van der Waals surface area contributed by atoms with Gasteiger partial charge in [0.05, 0.1) is 18.5 Å². The molecule has 0 aliphatic carbocycles. The smallest absolute Gasteiger partial charge is 0.261 e. The Morgan fingerprint density at radius 3 is 2.50 bits per heavy atom. The lowest BCUT2D eigenvalue weighted by Crippen LogP contribution is -2.28. The van der Waals surface area contributed by atoms with Gasteiger partial charge in [-0.05, 0) is 54.8 Å². The number of anilines is 1. The standard InChI is InChI=1S/C22H24FN3O2/c1-3-4-21-20(15-24-14-13-16-5-11-19(28-2)12-6-16)22(27)26(25-21)18-9-7-17(23)8-10-18/h5-12,15,20H,3-4,13-14H2,1-2H3/t20-/m1/s1. The summed E-state index contributed by atoms with van der Waals surface area (Å²) in [6.07, 6.45) is 4.09. The molecule has 1 amide bonds. The summed E-state index contributed by atoms with van der Waals surface area (Å²) in [4.78, 5) is 17.3. The Labute approximate surface area is 164 Å². The summed E-state index contributed by atoms with van der Waals surface area (Å²) in [5.74, 6) is -0.126. The van der Waals surface area contributed by atoms with Crippen molar-refractivity contribution in [3.8, 4) is 5.75 Å². The van der Waals surface area contributed by atoms with E-state index in [4.69, 9.17) is 4.74 Å². The number of rotatable bonds is 8. The van der Waals surface area contributed by atoms with Crippen LogP contribution in [0.5, 0.6) is 5.75 Å². The molecule has 0 radical (unpaired) electrons. The summed E-state index contributed by atoms with van der Waals surface area (Å²) in [5, 5.41) is 5.82. The second kappa shape index (κ2) is 9.26. The molecule has 0 fully saturated rings. The van der Waals surface area contributed by atoms with Gasteiger partial charge in [-0.2, -0.15) is 10.1 Å². The molecule has 1 atom stereocenters. The summed E-state index contributed by atoms with van der Waals surface area (Å²) in [6, 6.07) is 13.6. The van der Waals surface area contributed by atoms with Gasteiger partial charge in [0.25, 0.3) is 5.91 Å². The Balaban J connectivity index is 1.65. The van der Waals surface area contributed by atoms with Crippen molar-refractivity contribution in [2.24, 2.45) is 16.0 Å². The van der Waals surface area contributed by atoms with Gasteiger partial charge in [-0.15, -0.1) is 0 Å². The molecule has 0 unspecified atom stereocenters. The summed E-state index contributed by atoms with van der Waals surface area (Å²) in [6.45, 7) is 2.64. The molecular weight excluding hydrogens is 357 g/mol. The summed E-state index contributed by atoms with van der Waals surface area (Å²) < 4.78 is 18.3. The van der Waals surface area contributed by atoms with Crippen molar-refractivity contribution in [1.82, 2.24) is 0 Å². The van der Waals surface area contributed by atoms with E-state index in [-0.39, 0.29) is 11.7 Å². The van der Waals surface area contributed by atoms with Crippen LogP contribution in [0.25, 0.3) is 0 Å². The first-order chi connectivity index (χ1) is 13.6. The average molecular weight is 381 g/mol. The summed E-state index contributed by atoms with van der Waals surface area (Å²) >= 11 is 0. The van der Waals surface area contributed by atoms with Gasteiger partial charge in [0.1, 0.15) is 17.5 Å². The minimum Gasteiger partial charge on any atom is -0.497 e. The third-order valence-corrected chi connectivity index (χ3v) is 4.58. The highest BCUT2D eigenvalue weighted by molar-refractivity contribution is 6.24. The van der Waals surface area contributed by atoms with Crippen LogP contribution in [0.2, 0.25) is 0 Å². The monoisotopic (exact) mass is 381 g/mol. The molecule has 0 aromatic heterocycles. The number of hydrogen-bond donors (Lipinski definition) is 0. The molecule has 1 aliphatic rings. The van der Waals surface area contributed by atoms with Crippen LogP contribution in [0.1, 0.15) is 25.3 Å². The Morgan fingerprint density at radius 2 is 1.86 bits per heavy atom. The minimum atomic E-state index is -0.458. The average Bonchev–Trinajstić information content (AvgIpc) is 3.02. The summed E-state index contributed by atoms with van der Waals surface area (Å²) in [5.41, 5.74) is 2.52. The van der Waals surface area contributed by atoms with E-state index in [2.05, 4.69) is 10.1 Å². The Bertz CT molecular complexity index is 860. The molecule has 3 rings (SSSR count). The lowest BCUT2D eigenvalue weighted by molar-refractivity contribution is -0.118. The Morgan fingerprint density at radius 1 is 1.14 bits per heavy atom. The first kappa shape index (κ1) is 19.7. The zero-order chi connectivity index (χ0) is 19.9. The Hall–Kier alpha value is -3.02. The number of carbonyl (C=O) groups excluding carboxylic acids is 1. The largest absolute Gasteiger partial charge is 0.497 e. The van der Waals surface area contributed by atoms with Gasteiger partial charge in [0.2, 0.25) is 0 Å². The fourth-order valence-corrected chi connectivity index (χ4v) is 3.06. The predicted molar refractivity (Wildman–Crippen MR) is 110 cm³/mol. The number of hydrogen-bond acceptors (Lipinski definition) is 4. The fourth-order valence-electron chi connectivity index (χ4n) is 3.06. The highest BCUT2D eigenvalue weighted by atomic mass is 19.1. The lowest BCUT2D eigenvalue weighted by Gasteiger charge is -2.12. The molecule has 0 spiro atoms. The van der Waals surface area contributed by atoms with E-state index in [1.807, 2.05) is 31.2 Å². The van der Waals surface area contributed by atoms with E-state index in [0.29, 0.717) is 12.2 Å². The van der Waals surface area contributed by atoms with Crippen LogP contribution < -0.4 is 9.75 Å². The topological polar surface area (TPSA) is 54.3 Å². The quantitative estimate of drug-likeness (QED) is 0.642. The van der Waals surface area contributed by atoms with E-state index < -0.39 is 5.92 Å². The molecule has 0 saturated carbocycles. The van der Waals surface area contributed by atoms with Crippen LogP contribution in [0, 0.1) is 11.7 Å². The van der Waals surface area contributed by atoms with Gasteiger partial charge >= 0.3 is 0 Å². The first-order valence-corrected chi connectivity index (χ1v) is 9.42. The number of methoxy groups -OCH3 is 1.